The Kier molecular flexibility index (Phi) is 6.29. The Morgan fingerprint density at radius 3 is 2.48 bits per heavy atom. The molecule has 0 aromatic heterocycles. The summed E-state index contributed by atoms with van der Waals surface area (Å²) in [5, 5.41) is 7.01. The zero-order chi connectivity index (χ0) is 20.2. The van der Waals surface area contributed by atoms with E-state index >= 15 is 0 Å². The SMILES string of the molecule is Clc1cc(NCc2ccc(OCc3cccc4ccccc34)c(Cl)c2)ccc1Br. The van der Waals surface area contributed by atoms with Crippen LogP contribution in [0, 0.1) is 0 Å². The van der Waals surface area contributed by atoms with Crippen LogP contribution in [0.4, 0.5) is 5.69 Å². The minimum Gasteiger partial charge on any atom is -0.487 e. The zero-order valence-electron chi connectivity index (χ0n) is 15.5. The first-order valence-corrected chi connectivity index (χ1v) is 10.7. The summed E-state index contributed by atoms with van der Waals surface area (Å²) in [6.07, 6.45) is 0. The standard InChI is InChI=1S/C24H18BrCl2NO/c25-21-10-9-19(13-22(21)26)28-14-16-8-11-24(23(27)12-16)29-15-18-6-3-5-17-4-1-2-7-20(17)18/h1-13,28H,14-15H2. The molecule has 0 heterocycles. The monoisotopic (exact) mass is 485 g/mol. The van der Waals surface area contributed by atoms with Gasteiger partial charge in [-0.05, 0) is 68.2 Å². The Hall–Kier alpha value is -2.20. The lowest BCUT2D eigenvalue weighted by Gasteiger charge is -2.12. The van der Waals surface area contributed by atoms with Crippen molar-refractivity contribution in [2.75, 3.05) is 5.32 Å². The third kappa shape index (κ3) is 4.87. The van der Waals surface area contributed by atoms with Crippen LogP contribution in [0.3, 0.4) is 0 Å². The molecule has 0 fully saturated rings. The number of halogens is 3. The van der Waals surface area contributed by atoms with E-state index in [2.05, 4.69) is 45.5 Å². The lowest BCUT2D eigenvalue weighted by Crippen LogP contribution is -2.01. The summed E-state index contributed by atoms with van der Waals surface area (Å²) in [5.74, 6) is 0.676. The van der Waals surface area contributed by atoms with Crippen LogP contribution < -0.4 is 10.1 Å². The summed E-state index contributed by atoms with van der Waals surface area (Å²) < 4.78 is 6.88. The second kappa shape index (κ2) is 9.08. The van der Waals surface area contributed by atoms with Gasteiger partial charge in [0.05, 0.1) is 10.0 Å². The lowest BCUT2D eigenvalue weighted by atomic mass is 10.1. The van der Waals surface area contributed by atoms with E-state index in [0.717, 1.165) is 21.3 Å². The van der Waals surface area contributed by atoms with Crippen molar-refractivity contribution in [2.24, 2.45) is 0 Å². The maximum Gasteiger partial charge on any atom is 0.138 e. The molecular weight excluding hydrogens is 469 g/mol. The van der Waals surface area contributed by atoms with E-state index in [1.54, 1.807) is 0 Å². The number of hydrogen-bond acceptors (Lipinski definition) is 2. The Morgan fingerprint density at radius 2 is 1.66 bits per heavy atom. The van der Waals surface area contributed by atoms with E-state index in [1.807, 2.05) is 54.6 Å². The molecule has 1 N–H and O–H groups in total. The summed E-state index contributed by atoms with van der Waals surface area (Å²) in [5.41, 5.74) is 3.15. The van der Waals surface area contributed by atoms with Gasteiger partial charge in [0.25, 0.3) is 0 Å². The third-order valence-electron chi connectivity index (χ3n) is 4.68. The highest BCUT2D eigenvalue weighted by Gasteiger charge is 2.06. The van der Waals surface area contributed by atoms with Crippen LogP contribution in [-0.2, 0) is 13.2 Å². The van der Waals surface area contributed by atoms with Gasteiger partial charge in [0.15, 0.2) is 0 Å². The van der Waals surface area contributed by atoms with E-state index in [0.29, 0.717) is 28.9 Å². The van der Waals surface area contributed by atoms with Crippen molar-refractivity contribution in [3.63, 3.8) is 0 Å². The van der Waals surface area contributed by atoms with Gasteiger partial charge in [-0.25, -0.2) is 0 Å². The van der Waals surface area contributed by atoms with Crippen molar-refractivity contribution in [1.82, 2.24) is 0 Å². The molecule has 4 rings (SSSR count). The molecule has 29 heavy (non-hydrogen) atoms. The van der Waals surface area contributed by atoms with E-state index in [1.165, 1.54) is 10.8 Å². The number of ether oxygens (including phenoxy) is 1. The largest absolute Gasteiger partial charge is 0.487 e. The van der Waals surface area contributed by atoms with Gasteiger partial charge in [-0.1, -0.05) is 71.7 Å². The number of hydrogen-bond donors (Lipinski definition) is 1. The fraction of sp³-hybridized carbons (Fsp3) is 0.0833. The van der Waals surface area contributed by atoms with E-state index in [4.69, 9.17) is 27.9 Å². The van der Waals surface area contributed by atoms with Crippen LogP contribution in [0.25, 0.3) is 10.8 Å². The molecule has 4 aromatic carbocycles. The molecule has 0 radical (unpaired) electrons. The van der Waals surface area contributed by atoms with Crippen LogP contribution in [0.5, 0.6) is 5.75 Å². The highest BCUT2D eigenvalue weighted by Crippen LogP contribution is 2.29. The van der Waals surface area contributed by atoms with Gasteiger partial charge in [0.1, 0.15) is 12.4 Å². The maximum atomic E-state index is 6.46. The summed E-state index contributed by atoms with van der Waals surface area (Å²) in [4.78, 5) is 0. The van der Waals surface area contributed by atoms with Gasteiger partial charge in [-0.2, -0.15) is 0 Å². The van der Waals surface area contributed by atoms with Crippen molar-refractivity contribution in [3.8, 4) is 5.75 Å². The molecule has 2 nitrogen and oxygen atoms in total. The van der Waals surface area contributed by atoms with Crippen molar-refractivity contribution in [3.05, 3.63) is 105 Å². The minimum atomic E-state index is 0.468. The second-order valence-corrected chi connectivity index (χ2v) is 8.34. The first kappa shape index (κ1) is 20.1. The Bertz CT molecular complexity index is 1160. The first-order valence-electron chi connectivity index (χ1n) is 9.17. The van der Waals surface area contributed by atoms with Crippen LogP contribution in [-0.4, -0.2) is 0 Å². The number of nitrogens with one attached hydrogen (secondary N) is 1. The van der Waals surface area contributed by atoms with Gasteiger partial charge in [0.2, 0.25) is 0 Å². The van der Waals surface area contributed by atoms with E-state index in [9.17, 15) is 0 Å². The topological polar surface area (TPSA) is 21.3 Å². The third-order valence-corrected chi connectivity index (χ3v) is 6.20. The Morgan fingerprint density at radius 1 is 0.828 bits per heavy atom. The number of rotatable bonds is 6. The molecular formula is C24H18BrCl2NO. The Balaban J connectivity index is 1.42. The average molecular weight is 487 g/mol. The van der Waals surface area contributed by atoms with Crippen LogP contribution in [0.1, 0.15) is 11.1 Å². The first-order chi connectivity index (χ1) is 14.1. The molecule has 4 aromatic rings. The maximum absolute atomic E-state index is 6.46. The van der Waals surface area contributed by atoms with Gasteiger partial charge >= 0.3 is 0 Å². The normalized spacial score (nSPS) is 10.9. The van der Waals surface area contributed by atoms with E-state index in [-0.39, 0.29) is 0 Å². The van der Waals surface area contributed by atoms with Crippen LogP contribution in [0.15, 0.2) is 83.3 Å². The quantitative estimate of drug-likeness (QED) is 0.297. The van der Waals surface area contributed by atoms with Crippen molar-refractivity contribution < 1.29 is 4.74 Å². The molecule has 5 heteroatoms. The number of benzene rings is 4. The Labute approximate surface area is 188 Å². The molecule has 0 aliphatic rings. The van der Waals surface area contributed by atoms with Crippen LogP contribution in [0.2, 0.25) is 10.0 Å². The van der Waals surface area contributed by atoms with Gasteiger partial charge in [-0.3, -0.25) is 0 Å². The minimum absolute atomic E-state index is 0.468. The van der Waals surface area contributed by atoms with Gasteiger partial charge < -0.3 is 10.1 Å². The van der Waals surface area contributed by atoms with Crippen molar-refractivity contribution >= 4 is 55.6 Å². The predicted octanol–water partition coefficient (Wildman–Crippen LogP) is 8.10. The zero-order valence-corrected chi connectivity index (χ0v) is 18.6. The van der Waals surface area contributed by atoms with Gasteiger partial charge in [0, 0.05) is 16.7 Å². The molecule has 0 aliphatic carbocycles. The summed E-state index contributed by atoms with van der Waals surface area (Å²) in [6, 6.07) is 26.2. The summed E-state index contributed by atoms with van der Waals surface area (Å²) >= 11 is 16.0. The summed E-state index contributed by atoms with van der Waals surface area (Å²) in [7, 11) is 0. The molecule has 0 atom stereocenters. The molecule has 0 aliphatic heterocycles. The van der Waals surface area contributed by atoms with Crippen LogP contribution >= 0.6 is 39.1 Å². The summed E-state index contributed by atoms with van der Waals surface area (Å²) in [6.45, 7) is 1.11. The molecule has 0 spiro atoms. The second-order valence-electron chi connectivity index (χ2n) is 6.67. The average Bonchev–Trinajstić information content (AvgIpc) is 2.74. The highest BCUT2D eigenvalue weighted by atomic mass is 79.9. The molecule has 0 bridgehead atoms. The van der Waals surface area contributed by atoms with Crippen molar-refractivity contribution in [2.45, 2.75) is 13.2 Å². The molecule has 0 saturated heterocycles. The fourth-order valence-electron chi connectivity index (χ4n) is 3.16. The molecule has 146 valence electrons. The van der Waals surface area contributed by atoms with Gasteiger partial charge in [-0.15, -0.1) is 0 Å². The molecule has 0 unspecified atom stereocenters. The number of fused-ring (bicyclic) bond motifs is 1. The predicted molar refractivity (Wildman–Crippen MR) is 126 cm³/mol. The highest BCUT2D eigenvalue weighted by molar-refractivity contribution is 9.10. The smallest absolute Gasteiger partial charge is 0.138 e. The molecule has 0 saturated carbocycles. The van der Waals surface area contributed by atoms with Crippen molar-refractivity contribution in [1.29, 1.82) is 0 Å². The number of anilines is 1. The fourth-order valence-corrected chi connectivity index (χ4v) is 3.84. The lowest BCUT2D eigenvalue weighted by molar-refractivity contribution is 0.308. The van der Waals surface area contributed by atoms with E-state index < -0.39 is 0 Å². The molecule has 0 amide bonds.